The lowest BCUT2D eigenvalue weighted by Gasteiger charge is -2.41. The van der Waals surface area contributed by atoms with E-state index in [1.54, 1.807) is 21.0 Å². The van der Waals surface area contributed by atoms with Gasteiger partial charge in [-0.1, -0.05) is 54.1 Å². The maximum atomic E-state index is 14.1. The highest BCUT2D eigenvalue weighted by Crippen LogP contribution is 2.34. The number of anilines is 1. The average Bonchev–Trinajstić information content (AvgIpc) is 3.39. The average molecular weight is 561 g/mol. The Morgan fingerprint density at radius 1 is 1.11 bits per heavy atom. The van der Waals surface area contributed by atoms with E-state index >= 15 is 0 Å². The SMILES string of the molecule is CN[C@@H](C)C(=O)N[C@H](C(=O)N(C)[C@H](C(=O)Nc1snnc1-c1ccccc1)C(C)(C)SC)C1CCCCC1. The van der Waals surface area contributed by atoms with E-state index in [1.807, 2.05) is 50.4 Å². The Morgan fingerprint density at radius 3 is 2.37 bits per heavy atom. The van der Waals surface area contributed by atoms with Crippen LogP contribution in [0.15, 0.2) is 30.3 Å². The molecule has 1 aliphatic rings. The number of likely N-dealkylation sites (N-methyl/N-ethyl adjacent to an activating group) is 2. The number of nitrogens with zero attached hydrogens (tertiary/aromatic N) is 3. The molecule has 0 saturated heterocycles. The van der Waals surface area contributed by atoms with Gasteiger partial charge in [-0.25, -0.2) is 0 Å². The zero-order chi connectivity index (χ0) is 27.9. The van der Waals surface area contributed by atoms with Crippen molar-refractivity contribution in [2.75, 3.05) is 25.7 Å². The molecule has 9 nitrogen and oxygen atoms in total. The van der Waals surface area contributed by atoms with Crippen LogP contribution in [0.4, 0.5) is 5.00 Å². The summed E-state index contributed by atoms with van der Waals surface area (Å²) >= 11 is 2.62. The van der Waals surface area contributed by atoms with Crippen LogP contribution in [-0.2, 0) is 14.4 Å². The van der Waals surface area contributed by atoms with Crippen molar-refractivity contribution in [2.45, 2.75) is 75.7 Å². The minimum atomic E-state index is -0.805. The molecule has 38 heavy (non-hydrogen) atoms. The molecule has 1 aromatic heterocycles. The van der Waals surface area contributed by atoms with E-state index in [4.69, 9.17) is 0 Å². The van der Waals surface area contributed by atoms with Crippen LogP contribution >= 0.6 is 23.3 Å². The molecule has 1 fully saturated rings. The molecular formula is C27H40N6O3S2. The van der Waals surface area contributed by atoms with Gasteiger partial charge >= 0.3 is 0 Å². The summed E-state index contributed by atoms with van der Waals surface area (Å²) in [6, 6.07) is 7.61. The highest BCUT2D eigenvalue weighted by Gasteiger charge is 2.44. The van der Waals surface area contributed by atoms with Crippen LogP contribution in [0, 0.1) is 5.92 Å². The van der Waals surface area contributed by atoms with Crippen molar-refractivity contribution in [3.05, 3.63) is 30.3 Å². The highest BCUT2D eigenvalue weighted by atomic mass is 32.2. The van der Waals surface area contributed by atoms with Gasteiger partial charge in [-0.2, -0.15) is 11.8 Å². The van der Waals surface area contributed by atoms with Crippen molar-refractivity contribution in [1.29, 1.82) is 0 Å². The third-order valence-electron chi connectivity index (χ3n) is 7.45. The molecule has 1 aromatic carbocycles. The highest BCUT2D eigenvalue weighted by molar-refractivity contribution is 8.00. The molecule has 3 amide bonds. The summed E-state index contributed by atoms with van der Waals surface area (Å²) in [5.41, 5.74) is 1.44. The van der Waals surface area contributed by atoms with Crippen LogP contribution in [0.2, 0.25) is 0 Å². The van der Waals surface area contributed by atoms with E-state index < -0.39 is 22.9 Å². The Morgan fingerprint density at radius 2 is 1.76 bits per heavy atom. The number of hydrogen-bond donors (Lipinski definition) is 3. The molecule has 208 valence electrons. The molecule has 1 aliphatic carbocycles. The summed E-state index contributed by atoms with van der Waals surface area (Å²) < 4.78 is 3.45. The number of thioether (sulfide) groups is 1. The van der Waals surface area contributed by atoms with Gasteiger partial charge in [0.05, 0.1) is 6.04 Å². The van der Waals surface area contributed by atoms with E-state index in [-0.39, 0.29) is 23.6 Å². The lowest BCUT2D eigenvalue weighted by atomic mass is 9.82. The fourth-order valence-corrected chi connectivity index (χ4v) is 6.00. The molecule has 0 radical (unpaired) electrons. The van der Waals surface area contributed by atoms with Gasteiger partial charge in [0.15, 0.2) is 0 Å². The van der Waals surface area contributed by atoms with Crippen LogP contribution in [0.3, 0.4) is 0 Å². The molecule has 3 atom stereocenters. The Labute approximate surface area is 234 Å². The molecule has 0 spiro atoms. The molecule has 1 heterocycles. The van der Waals surface area contributed by atoms with Crippen molar-refractivity contribution >= 4 is 46.0 Å². The molecule has 2 aromatic rings. The first kappa shape index (κ1) is 30.0. The first-order valence-corrected chi connectivity index (χ1v) is 15.1. The fraction of sp³-hybridized carbons (Fsp3) is 0.593. The maximum absolute atomic E-state index is 14.1. The summed E-state index contributed by atoms with van der Waals surface area (Å²) in [5, 5.41) is 13.7. The fourth-order valence-electron chi connectivity index (χ4n) is 4.91. The number of benzene rings is 1. The Kier molecular flexibility index (Phi) is 10.7. The van der Waals surface area contributed by atoms with Crippen LogP contribution < -0.4 is 16.0 Å². The van der Waals surface area contributed by atoms with Gasteiger partial charge in [0.2, 0.25) is 17.7 Å². The largest absolute Gasteiger partial charge is 0.343 e. The Hall–Kier alpha value is -2.50. The molecular weight excluding hydrogens is 520 g/mol. The summed E-state index contributed by atoms with van der Waals surface area (Å²) in [6.07, 6.45) is 6.85. The second-order valence-electron chi connectivity index (χ2n) is 10.4. The third-order valence-corrected chi connectivity index (χ3v) is 9.37. The first-order chi connectivity index (χ1) is 18.1. The number of aromatic nitrogens is 2. The van der Waals surface area contributed by atoms with Crippen molar-refractivity contribution in [1.82, 2.24) is 25.1 Å². The van der Waals surface area contributed by atoms with Gasteiger partial charge in [-0.05, 0) is 52.8 Å². The number of rotatable bonds is 11. The predicted octanol–water partition coefficient (Wildman–Crippen LogP) is 3.79. The maximum Gasteiger partial charge on any atom is 0.249 e. The van der Waals surface area contributed by atoms with Gasteiger partial charge in [-0.15, -0.1) is 5.10 Å². The lowest BCUT2D eigenvalue weighted by molar-refractivity contribution is -0.143. The molecule has 0 unspecified atom stereocenters. The van der Waals surface area contributed by atoms with E-state index in [2.05, 4.69) is 25.5 Å². The van der Waals surface area contributed by atoms with E-state index in [1.165, 1.54) is 16.7 Å². The Balaban J connectivity index is 1.90. The predicted molar refractivity (Wildman–Crippen MR) is 155 cm³/mol. The van der Waals surface area contributed by atoms with Gasteiger partial charge < -0.3 is 20.9 Å². The quantitative estimate of drug-likeness (QED) is 0.383. The van der Waals surface area contributed by atoms with E-state index in [0.717, 1.165) is 49.2 Å². The molecule has 0 aliphatic heterocycles. The molecule has 1 saturated carbocycles. The lowest BCUT2D eigenvalue weighted by Crippen LogP contribution is -2.61. The number of hydrogen-bond acceptors (Lipinski definition) is 8. The van der Waals surface area contributed by atoms with Crippen molar-refractivity contribution in [3.63, 3.8) is 0 Å². The smallest absolute Gasteiger partial charge is 0.249 e. The molecule has 11 heteroatoms. The number of nitrogens with one attached hydrogen (secondary N) is 3. The van der Waals surface area contributed by atoms with Crippen LogP contribution in [0.1, 0.15) is 52.9 Å². The van der Waals surface area contributed by atoms with Crippen LogP contribution in [-0.4, -0.2) is 75.4 Å². The van der Waals surface area contributed by atoms with Gasteiger partial charge in [0.25, 0.3) is 0 Å². The van der Waals surface area contributed by atoms with Crippen molar-refractivity contribution < 1.29 is 14.4 Å². The summed E-state index contributed by atoms with van der Waals surface area (Å²) in [7, 11) is 3.38. The second kappa shape index (κ2) is 13.5. The molecule has 0 bridgehead atoms. The molecule has 3 N–H and O–H groups in total. The van der Waals surface area contributed by atoms with Crippen LogP contribution in [0.5, 0.6) is 0 Å². The van der Waals surface area contributed by atoms with E-state index in [0.29, 0.717) is 10.7 Å². The number of amides is 3. The first-order valence-electron chi connectivity index (χ1n) is 13.1. The zero-order valence-corrected chi connectivity index (χ0v) is 24.7. The minimum absolute atomic E-state index is 0.0307. The van der Waals surface area contributed by atoms with Gasteiger partial charge in [0.1, 0.15) is 22.8 Å². The number of carbonyl (C=O) groups excluding carboxylic acids is 3. The third kappa shape index (κ3) is 7.12. The number of carbonyl (C=O) groups is 3. The topological polar surface area (TPSA) is 116 Å². The summed E-state index contributed by atoms with van der Waals surface area (Å²) in [5.74, 6) is -0.760. The van der Waals surface area contributed by atoms with E-state index in [9.17, 15) is 14.4 Å². The molecule has 3 rings (SSSR count). The standard InChI is InChI=1S/C27H40N6O3S2/c1-17(28-4)23(34)29-21(19-15-11-8-12-16-19)26(36)33(5)22(27(2,3)37-6)24(35)30-25-20(31-32-38-25)18-13-9-7-10-14-18/h7,9-10,13-14,17,19,21-22,28H,8,11-12,15-16H2,1-6H3,(H,29,34)(H,30,35)/t17-,21-,22+/m0/s1. The van der Waals surface area contributed by atoms with Gasteiger partial charge in [0, 0.05) is 28.9 Å². The monoisotopic (exact) mass is 560 g/mol. The Bertz CT molecular complexity index is 1090. The normalized spacial score (nSPS) is 16.8. The van der Waals surface area contributed by atoms with Crippen molar-refractivity contribution in [3.8, 4) is 11.3 Å². The van der Waals surface area contributed by atoms with Crippen molar-refractivity contribution in [2.24, 2.45) is 5.92 Å². The van der Waals surface area contributed by atoms with Crippen LogP contribution in [0.25, 0.3) is 11.3 Å². The summed E-state index contributed by atoms with van der Waals surface area (Å²) in [4.78, 5) is 42.3. The summed E-state index contributed by atoms with van der Waals surface area (Å²) in [6.45, 7) is 5.67. The second-order valence-corrected chi connectivity index (χ2v) is 12.6. The zero-order valence-electron chi connectivity index (χ0n) is 23.1. The van der Waals surface area contributed by atoms with Gasteiger partial charge in [-0.3, -0.25) is 14.4 Å². The minimum Gasteiger partial charge on any atom is -0.343 e.